The first-order valence-electron chi connectivity index (χ1n) is 6.57. The summed E-state index contributed by atoms with van der Waals surface area (Å²) in [4.78, 5) is 0. The van der Waals surface area contributed by atoms with Crippen molar-refractivity contribution in [3.8, 4) is 0 Å². The summed E-state index contributed by atoms with van der Waals surface area (Å²) in [5.74, 6) is 0. The predicted octanol–water partition coefficient (Wildman–Crippen LogP) is 1.99. The normalized spacial score (nSPS) is 13.4. The fourth-order valence-electron chi connectivity index (χ4n) is 1.64. The quantitative estimate of drug-likeness (QED) is 0.685. The van der Waals surface area contributed by atoms with E-state index in [1.165, 1.54) is 12.1 Å². The number of nitrogens with one attached hydrogen (secondary N) is 1. The Hall–Kier alpha value is -1.15. The highest BCUT2D eigenvalue weighted by Gasteiger charge is 2.30. The van der Waals surface area contributed by atoms with Crippen LogP contribution in [0.5, 0.6) is 0 Å². The minimum absolute atomic E-state index is 0.249. The van der Waals surface area contributed by atoms with Crippen LogP contribution in [0.15, 0.2) is 24.3 Å². The van der Waals surface area contributed by atoms with Gasteiger partial charge in [0, 0.05) is 20.2 Å². The predicted molar refractivity (Wildman–Crippen MR) is 72.0 cm³/mol. The Labute approximate surface area is 121 Å². The Morgan fingerprint density at radius 3 is 2.38 bits per heavy atom. The van der Waals surface area contributed by atoms with Gasteiger partial charge in [0.15, 0.2) is 0 Å². The van der Waals surface area contributed by atoms with Gasteiger partial charge in [-0.05, 0) is 17.7 Å². The summed E-state index contributed by atoms with van der Waals surface area (Å²) in [6, 6.07) is 4.49. The minimum atomic E-state index is -4.36. The molecule has 0 saturated carbocycles. The van der Waals surface area contributed by atoms with Crippen molar-refractivity contribution in [1.29, 1.82) is 0 Å². The zero-order valence-corrected chi connectivity index (χ0v) is 11.8. The number of rotatable bonds is 9. The number of methoxy groups -OCH3 is 1. The van der Waals surface area contributed by atoms with Gasteiger partial charge in [-0.15, -0.1) is 0 Å². The number of hydrogen-bond donors (Lipinski definition) is 2. The lowest BCUT2D eigenvalue weighted by Gasteiger charge is -2.13. The Morgan fingerprint density at radius 2 is 1.81 bits per heavy atom. The van der Waals surface area contributed by atoms with Crippen LogP contribution in [-0.2, 0) is 15.7 Å². The molecular weight excluding hydrogens is 287 g/mol. The third kappa shape index (κ3) is 6.90. The molecule has 1 atom stereocenters. The SMILES string of the molecule is COCCOCCNCC(O)c1ccc(C(F)(F)F)cc1. The number of ether oxygens (including phenoxy) is 2. The molecule has 0 aliphatic heterocycles. The van der Waals surface area contributed by atoms with E-state index < -0.39 is 17.8 Å². The van der Waals surface area contributed by atoms with Crippen LogP contribution in [-0.4, -0.2) is 45.1 Å². The highest BCUT2D eigenvalue weighted by molar-refractivity contribution is 5.26. The summed E-state index contributed by atoms with van der Waals surface area (Å²) in [6.07, 6.45) is -5.22. The van der Waals surface area contributed by atoms with Gasteiger partial charge < -0.3 is 19.9 Å². The van der Waals surface area contributed by atoms with Crippen molar-refractivity contribution >= 4 is 0 Å². The zero-order valence-electron chi connectivity index (χ0n) is 11.8. The van der Waals surface area contributed by atoms with E-state index in [1.807, 2.05) is 0 Å². The number of aliphatic hydroxyl groups is 1. The van der Waals surface area contributed by atoms with E-state index >= 15 is 0 Å². The van der Waals surface area contributed by atoms with Crippen molar-refractivity contribution < 1.29 is 27.8 Å². The fraction of sp³-hybridized carbons (Fsp3) is 0.571. The van der Waals surface area contributed by atoms with Gasteiger partial charge in [0.2, 0.25) is 0 Å². The molecule has 21 heavy (non-hydrogen) atoms. The summed E-state index contributed by atoms with van der Waals surface area (Å²) in [7, 11) is 1.59. The van der Waals surface area contributed by atoms with Crippen LogP contribution >= 0.6 is 0 Å². The molecule has 2 N–H and O–H groups in total. The summed E-state index contributed by atoms with van der Waals surface area (Å²) in [6.45, 7) is 2.29. The molecule has 0 heterocycles. The van der Waals surface area contributed by atoms with Gasteiger partial charge in [0.05, 0.1) is 31.5 Å². The van der Waals surface area contributed by atoms with E-state index in [0.29, 0.717) is 31.9 Å². The second-order valence-electron chi connectivity index (χ2n) is 4.44. The van der Waals surface area contributed by atoms with E-state index in [0.717, 1.165) is 12.1 Å². The van der Waals surface area contributed by atoms with Gasteiger partial charge in [-0.2, -0.15) is 13.2 Å². The first-order valence-corrected chi connectivity index (χ1v) is 6.57. The standard InChI is InChI=1S/C14H20F3NO3/c1-20-8-9-21-7-6-18-10-13(19)11-2-4-12(5-3-11)14(15,16)17/h2-5,13,18-19H,6-10H2,1H3. The van der Waals surface area contributed by atoms with Crippen molar-refractivity contribution in [2.75, 3.05) is 40.0 Å². The van der Waals surface area contributed by atoms with E-state index in [9.17, 15) is 18.3 Å². The largest absolute Gasteiger partial charge is 0.416 e. The van der Waals surface area contributed by atoms with E-state index in [-0.39, 0.29) is 6.54 Å². The van der Waals surface area contributed by atoms with Crippen molar-refractivity contribution in [2.24, 2.45) is 0 Å². The topological polar surface area (TPSA) is 50.7 Å². The molecule has 0 fully saturated rings. The second-order valence-corrected chi connectivity index (χ2v) is 4.44. The highest BCUT2D eigenvalue weighted by atomic mass is 19.4. The van der Waals surface area contributed by atoms with Crippen molar-refractivity contribution in [1.82, 2.24) is 5.32 Å². The molecular formula is C14H20F3NO3. The van der Waals surface area contributed by atoms with Gasteiger partial charge >= 0.3 is 6.18 Å². The monoisotopic (exact) mass is 307 g/mol. The number of hydrogen-bond acceptors (Lipinski definition) is 4. The summed E-state index contributed by atoms with van der Waals surface area (Å²) >= 11 is 0. The lowest BCUT2D eigenvalue weighted by molar-refractivity contribution is -0.137. The molecule has 0 saturated heterocycles. The van der Waals surface area contributed by atoms with Gasteiger partial charge in [-0.3, -0.25) is 0 Å². The number of halogens is 3. The summed E-state index contributed by atoms with van der Waals surface area (Å²) in [5.41, 5.74) is -0.284. The van der Waals surface area contributed by atoms with Crippen molar-refractivity contribution in [3.05, 3.63) is 35.4 Å². The molecule has 1 unspecified atom stereocenters. The summed E-state index contributed by atoms with van der Waals surface area (Å²) in [5, 5.41) is 12.8. The van der Waals surface area contributed by atoms with Crippen LogP contribution in [0.25, 0.3) is 0 Å². The Bertz CT molecular complexity index is 395. The number of aliphatic hydroxyl groups excluding tert-OH is 1. The molecule has 0 aromatic heterocycles. The zero-order chi connectivity index (χ0) is 15.7. The van der Waals surface area contributed by atoms with E-state index in [4.69, 9.17) is 9.47 Å². The van der Waals surface area contributed by atoms with Crippen LogP contribution in [0.4, 0.5) is 13.2 Å². The van der Waals surface area contributed by atoms with Crippen molar-refractivity contribution in [2.45, 2.75) is 12.3 Å². The maximum Gasteiger partial charge on any atom is 0.416 e. The van der Waals surface area contributed by atoms with Gasteiger partial charge in [-0.25, -0.2) is 0 Å². The van der Waals surface area contributed by atoms with Crippen LogP contribution in [0.1, 0.15) is 17.2 Å². The van der Waals surface area contributed by atoms with Gasteiger partial charge in [0.1, 0.15) is 0 Å². The minimum Gasteiger partial charge on any atom is -0.387 e. The van der Waals surface area contributed by atoms with Crippen LogP contribution < -0.4 is 5.32 Å². The smallest absolute Gasteiger partial charge is 0.387 e. The number of alkyl halides is 3. The van der Waals surface area contributed by atoms with E-state index in [1.54, 1.807) is 7.11 Å². The first kappa shape index (κ1) is 17.9. The molecule has 0 amide bonds. The Kier molecular flexibility index (Phi) is 7.66. The fourth-order valence-corrected chi connectivity index (χ4v) is 1.64. The average molecular weight is 307 g/mol. The maximum absolute atomic E-state index is 12.4. The number of benzene rings is 1. The Balaban J connectivity index is 2.27. The molecule has 0 bridgehead atoms. The third-order valence-electron chi connectivity index (χ3n) is 2.82. The van der Waals surface area contributed by atoms with Crippen LogP contribution in [0.2, 0.25) is 0 Å². The maximum atomic E-state index is 12.4. The lowest BCUT2D eigenvalue weighted by Crippen LogP contribution is -2.25. The van der Waals surface area contributed by atoms with Crippen LogP contribution in [0.3, 0.4) is 0 Å². The average Bonchev–Trinajstić information content (AvgIpc) is 2.45. The molecule has 0 aliphatic carbocycles. The molecule has 1 aromatic rings. The molecule has 0 aliphatic rings. The van der Waals surface area contributed by atoms with Crippen LogP contribution in [0, 0.1) is 0 Å². The van der Waals surface area contributed by atoms with Gasteiger partial charge in [0.25, 0.3) is 0 Å². The Morgan fingerprint density at radius 1 is 1.14 bits per heavy atom. The molecule has 1 rings (SSSR count). The highest BCUT2D eigenvalue weighted by Crippen LogP contribution is 2.29. The molecule has 7 heteroatoms. The molecule has 120 valence electrons. The van der Waals surface area contributed by atoms with Crippen molar-refractivity contribution in [3.63, 3.8) is 0 Å². The van der Waals surface area contributed by atoms with Gasteiger partial charge in [-0.1, -0.05) is 12.1 Å². The molecule has 4 nitrogen and oxygen atoms in total. The third-order valence-corrected chi connectivity index (χ3v) is 2.82. The van der Waals surface area contributed by atoms with E-state index in [2.05, 4.69) is 5.32 Å². The molecule has 0 radical (unpaired) electrons. The second kappa shape index (κ2) is 8.99. The molecule has 1 aromatic carbocycles. The molecule has 0 spiro atoms. The first-order chi connectivity index (χ1) is 9.95. The summed E-state index contributed by atoms with van der Waals surface area (Å²) < 4.78 is 47.2. The lowest BCUT2D eigenvalue weighted by atomic mass is 10.1.